The smallest absolute Gasteiger partial charge is 0.459 e. The van der Waals surface area contributed by atoms with Gasteiger partial charge in [-0.15, -0.1) is 0 Å². The third-order valence-corrected chi connectivity index (χ3v) is 8.60. The summed E-state index contributed by atoms with van der Waals surface area (Å²) in [6.45, 7) is 5.12. The fourth-order valence-electron chi connectivity index (χ4n) is 4.48. The Kier molecular flexibility index (Phi) is 10.4. The first-order chi connectivity index (χ1) is 19.0. The van der Waals surface area contributed by atoms with Crippen molar-refractivity contribution in [1.82, 2.24) is 14.6 Å². The number of hydrogen-bond donors (Lipinski definition) is 2. The fraction of sp³-hybridized carbons (Fsp3) is 0.577. The van der Waals surface area contributed by atoms with Crippen molar-refractivity contribution in [3.05, 3.63) is 61.3 Å². The van der Waals surface area contributed by atoms with E-state index in [-0.39, 0.29) is 31.0 Å². The number of nitrogens with one attached hydrogen (secondary N) is 2. The molecule has 1 aromatic carbocycles. The Bertz CT molecular complexity index is 1320. The van der Waals surface area contributed by atoms with Gasteiger partial charge in [0.05, 0.1) is 6.61 Å². The van der Waals surface area contributed by atoms with E-state index >= 15 is 0 Å². The zero-order valence-electron chi connectivity index (χ0n) is 22.7. The number of esters is 1. The summed E-state index contributed by atoms with van der Waals surface area (Å²) in [5.41, 5.74) is -0.797. The molecule has 0 amide bonds. The van der Waals surface area contributed by atoms with Crippen LogP contribution in [-0.4, -0.2) is 47.2 Å². The Balaban J connectivity index is 1.48. The first-order valence-corrected chi connectivity index (χ1v) is 15.6. The van der Waals surface area contributed by atoms with Crippen molar-refractivity contribution in [1.29, 1.82) is 0 Å². The minimum atomic E-state index is -4.18. The second-order valence-corrected chi connectivity index (χ2v) is 12.9. The van der Waals surface area contributed by atoms with Gasteiger partial charge in [0, 0.05) is 16.2 Å². The number of aromatic amines is 1. The molecule has 2 N–H and O–H groups in total. The molecule has 2 unspecified atom stereocenters. The molecule has 2 aromatic rings. The molecular weight excluding hydrogens is 609 g/mol. The monoisotopic (exact) mass is 643 g/mol. The van der Waals surface area contributed by atoms with E-state index < -0.39 is 43.5 Å². The number of hydrogen-bond acceptors (Lipinski definition) is 9. The SMILES string of the molecule is Cc1cn([C@H]2CO[C@@H](COP(=O)(NC(CC(C)C)C(=O)OC3CCCC3)Oc3ccc(Br)cc3)O2)c(=O)[nH]c1=O. The van der Waals surface area contributed by atoms with Crippen LogP contribution in [0.5, 0.6) is 5.75 Å². The van der Waals surface area contributed by atoms with E-state index in [1.807, 2.05) is 13.8 Å². The zero-order chi connectivity index (χ0) is 28.9. The standard InChI is InChI=1S/C26H35BrN3O9P/c1-16(2)12-21(25(32)37-19-6-4-5-7-19)29-40(34,39-20-10-8-18(27)9-11-20)36-15-23-35-14-22(38-23)30-13-17(3)24(31)28-26(30)33/h8-11,13,16,19,21-23H,4-7,12,14-15H2,1-3H3,(H,29,34)(H,28,31,33)/t21?,22-,23-,40?/m1/s1. The lowest BCUT2D eigenvalue weighted by Crippen LogP contribution is -2.40. The molecule has 220 valence electrons. The molecule has 1 aromatic heterocycles. The van der Waals surface area contributed by atoms with E-state index in [0.717, 1.165) is 30.2 Å². The summed E-state index contributed by atoms with van der Waals surface area (Å²) in [5.74, 6) is -0.172. The van der Waals surface area contributed by atoms with Crippen molar-refractivity contribution in [2.75, 3.05) is 13.2 Å². The molecule has 0 radical (unpaired) electrons. The van der Waals surface area contributed by atoms with Crippen LogP contribution in [0.25, 0.3) is 0 Å². The number of aromatic nitrogens is 2. The van der Waals surface area contributed by atoms with E-state index in [0.29, 0.717) is 12.0 Å². The number of ether oxygens (including phenoxy) is 3. The molecule has 2 aliphatic rings. The van der Waals surface area contributed by atoms with Crippen molar-refractivity contribution >= 4 is 29.6 Å². The molecule has 2 heterocycles. The second-order valence-electron chi connectivity index (χ2n) is 10.3. The van der Waals surface area contributed by atoms with Crippen LogP contribution >= 0.6 is 23.7 Å². The number of carbonyl (C=O) groups is 1. The molecule has 0 spiro atoms. The number of benzene rings is 1. The lowest BCUT2D eigenvalue weighted by molar-refractivity contribution is -0.151. The van der Waals surface area contributed by atoms with Crippen LogP contribution in [0.4, 0.5) is 0 Å². The average Bonchev–Trinajstić information content (AvgIpc) is 3.58. The van der Waals surface area contributed by atoms with Gasteiger partial charge in [-0.3, -0.25) is 23.7 Å². The van der Waals surface area contributed by atoms with E-state index in [1.165, 1.54) is 10.8 Å². The van der Waals surface area contributed by atoms with Crippen LogP contribution in [0.15, 0.2) is 44.5 Å². The van der Waals surface area contributed by atoms with Gasteiger partial charge in [0.2, 0.25) is 0 Å². The van der Waals surface area contributed by atoms with Gasteiger partial charge in [0.25, 0.3) is 5.56 Å². The quantitative estimate of drug-likeness (QED) is 0.255. The summed E-state index contributed by atoms with van der Waals surface area (Å²) in [4.78, 5) is 39.3. The summed E-state index contributed by atoms with van der Waals surface area (Å²) in [5, 5.41) is 2.81. The van der Waals surface area contributed by atoms with E-state index in [2.05, 4.69) is 26.0 Å². The van der Waals surface area contributed by atoms with E-state index in [4.69, 9.17) is 23.3 Å². The molecule has 40 heavy (non-hydrogen) atoms. The second kappa shape index (κ2) is 13.6. The van der Waals surface area contributed by atoms with Gasteiger partial charge < -0.3 is 18.7 Å². The van der Waals surface area contributed by atoms with Crippen molar-refractivity contribution < 1.29 is 32.6 Å². The Hall–Kier alpha value is -2.28. The Morgan fingerprint density at radius 3 is 2.60 bits per heavy atom. The molecule has 4 atom stereocenters. The number of carbonyl (C=O) groups excluding carboxylic acids is 1. The molecule has 1 aliphatic carbocycles. The van der Waals surface area contributed by atoms with E-state index in [9.17, 15) is 18.9 Å². The van der Waals surface area contributed by atoms with Crippen LogP contribution in [0.3, 0.4) is 0 Å². The Morgan fingerprint density at radius 2 is 1.93 bits per heavy atom. The van der Waals surface area contributed by atoms with Crippen LogP contribution in [0, 0.1) is 12.8 Å². The number of nitrogens with zero attached hydrogens (tertiary/aromatic N) is 1. The van der Waals surface area contributed by atoms with E-state index in [1.54, 1.807) is 31.2 Å². The molecule has 2 fully saturated rings. The summed E-state index contributed by atoms with van der Waals surface area (Å²) >= 11 is 3.36. The van der Waals surface area contributed by atoms with Gasteiger partial charge in [0.15, 0.2) is 12.5 Å². The number of H-pyrrole nitrogens is 1. The van der Waals surface area contributed by atoms with Gasteiger partial charge >= 0.3 is 19.4 Å². The predicted molar refractivity (Wildman–Crippen MR) is 149 cm³/mol. The van der Waals surface area contributed by atoms with Crippen molar-refractivity contribution in [3.63, 3.8) is 0 Å². The topological polar surface area (TPSA) is 147 Å². The normalized spacial score (nSPS) is 21.8. The largest absolute Gasteiger partial charge is 0.461 e. The van der Waals surface area contributed by atoms with Crippen LogP contribution in [-0.2, 0) is 28.1 Å². The van der Waals surface area contributed by atoms with Crippen molar-refractivity contribution in [2.45, 2.75) is 77.5 Å². The minimum absolute atomic E-state index is 0.00555. The highest BCUT2D eigenvalue weighted by atomic mass is 79.9. The highest BCUT2D eigenvalue weighted by Crippen LogP contribution is 2.46. The summed E-state index contributed by atoms with van der Waals surface area (Å²) < 4.78 is 44.7. The average molecular weight is 644 g/mol. The minimum Gasteiger partial charge on any atom is -0.461 e. The van der Waals surface area contributed by atoms with Gasteiger partial charge in [-0.25, -0.2) is 9.36 Å². The molecule has 1 saturated heterocycles. The number of rotatable bonds is 12. The van der Waals surface area contributed by atoms with Gasteiger partial charge in [0.1, 0.15) is 24.5 Å². The highest BCUT2D eigenvalue weighted by Gasteiger charge is 2.38. The van der Waals surface area contributed by atoms with Gasteiger partial charge in [-0.1, -0.05) is 29.8 Å². The Labute approximate surface area is 240 Å². The lowest BCUT2D eigenvalue weighted by atomic mass is 10.0. The van der Waals surface area contributed by atoms with Crippen LogP contribution < -0.4 is 20.9 Å². The molecule has 14 heteroatoms. The molecule has 0 bridgehead atoms. The van der Waals surface area contributed by atoms with Crippen LogP contribution in [0.1, 0.15) is 57.7 Å². The summed E-state index contributed by atoms with van der Waals surface area (Å²) in [7, 11) is -4.18. The zero-order valence-corrected chi connectivity index (χ0v) is 25.2. The molecule has 1 saturated carbocycles. The maximum absolute atomic E-state index is 14.1. The van der Waals surface area contributed by atoms with Gasteiger partial charge in [-0.05, 0) is 69.2 Å². The first-order valence-electron chi connectivity index (χ1n) is 13.3. The maximum Gasteiger partial charge on any atom is 0.459 e. The molecule has 4 rings (SSSR count). The fourth-order valence-corrected chi connectivity index (χ4v) is 6.23. The van der Waals surface area contributed by atoms with Crippen molar-refractivity contribution in [3.8, 4) is 5.75 Å². The predicted octanol–water partition coefficient (Wildman–Crippen LogP) is 4.17. The molecular formula is C26H35BrN3O9P. The summed E-state index contributed by atoms with van der Waals surface area (Å²) in [6.07, 6.45) is 3.35. The highest BCUT2D eigenvalue weighted by molar-refractivity contribution is 9.10. The third kappa shape index (κ3) is 8.37. The number of aryl methyl sites for hydroxylation is 1. The molecule has 1 aliphatic heterocycles. The Morgan fingerprint density at radius 1 is 1.23 bits per heavy atom. The summed E-state index contributed by atoms with van der Waals surface area (Å²) in [6, 6.07) is 5.72. The third-order valence-electron chi connectivity index (χ3n) is 6.50. The van der Waals surface area contributed by atoms with Crippen molar-refractivity contribution in [2.24, 2.45) is 5.92 Å². The molecule has 12 nitrogen and oxygen atoms in total. The van der Waals surface area contributed by atoms with Crippen LogP contribution in [0.2, 0.25) is 0 Å². The van der Waals surface area contributed by atoms with Gasteiger partial charge in [-0.2, -0.15) is 5.09 Å². The number of halogens is 1. The first kappa shape index (κ1) is 30.7. The lowest BCUT2D eigenvalue weighted by Gasteiger charge is -2.27. The maximum atomic E-state index is 14.1.